The number of methoxy groups -OCH3 is 1. The van der Waals surface area contributed by atoms with E-state index in [1.54, 1.807) is 7.11 Å². The number of allylic oxidation sites excluding steroid dienone is 3. The van der Waals surface area contributed by atoms with Gasteiger partial charge < -0.3 is 29.2 Å². The zero-order valence-electron chi connectivity index (χ0n) is 22.5. The number of nitrogens with zero attached hydrogens (tertiary/aromatic N) is 3. The molecule has 37 heavy (non-hydrogen) atoms. The molecule has 0 aromatic carbocycles. The third kappa shape index (κ3) is 5.07. The summed E-state index contributed by atoms with van der Waals surface area (Å²) in [6.07, 6.45) is 15.2. The third-order valence-electron chi connectivity index (χ3n) is 7.91. The van der Waals surface area contributed by atoms with Gasteiger partial charge in [0.2, 0.25) is 5.95 Å². The summed E-state index contributed by atoms with van der Waals surface area (Å²) < 4.78 is 23.4. The lowest BCUT2D eigenvalue weighted by molar-refractivity contribution is 0.0847. The molecule has 3 aliphatic carbocycles. The van der Waals surface area contributed by atoms with Gasteiger partial charge in [-0.15, -0.1) is 0 Å². The molecule has 2 saturated carbocycles. The smallest absolute Gasteiger partial charge is 0.227 e. The lowest BCUT2D eigenvalue weighted by Crippen LogP contribution is -2.32. The maximum Gasteiger partial charge on any atom is 0.227 e. The maximum absolute atomic E-state index is 6.19. The normalized spacial score (nSPS) is 33.0. The first-order valence-electron chi connectivity index (χ1n) is 13.6. The van der Waals surface area contributed by atoms with Crippen molar-refractivity contribution < 1.29 is 18.9 Å². The predicted octanol–water partition coefficient (Wildman–Crippen LogP) is 4.40. The highest BCUT2D eigenvalue weighted by Gasteiger charge is 2.64. The van der Waals surface area contributed by atoms with Crippen LogP contribution in [0.2, 0.25) is 0 Å². The summed E-state index contributed by atoms with van der Waals surface area (Å²) in [4.78, 5) is 11.8. The molecule has 0 amide bonds. The lowest BCUT2D eigenvalue weighted by atomic mass is 9.94. The van der Waals surface area contributed by atoms with Gasteiger partial charge in [-0.2, -0.15) is 0 Å². The number of likely N-dealkylation sites (N-methyl/N-ethyl adjacent to an activating group) is 1. The molecule has 8 heteroatoms. The molecule has 0 spiro atoms. The molecule has 200 valence electrons. The van der Waals surface area contributed by atoms with Crippen LogP contribution in [0.5, 0.6) is 0 Å². The van der Waals surface area contributed by atoms with E-state index in [4.69, 9.17) is 23.9 Å². The fourth-order valence-corrected chi connectivity index (χ4v) is 5.88. The topological polar surface area (TPSA) is 78.0 Å². The quantitative estimate of drug-likeness (QED) is 0.474. The van der Waals surface area contributed by atoms with Gasteiger partial charge in [-0.1, -0.05) is 26.0 Å². The highest BCUT2D eigenvalue weighted by Crippen LogP contribution is 2.64. The Morgan fingerprint density at radius 2 is 2.05 bits per heavy atom. The van der Waals surface area contributed by atoms with Gasteiger partial charge in [0, 0.05) is 55.8 Å². The SMILES string of the molecule is CC.COCCOC1=CC=C2Nc3nccc(n3)C34CC3C(=CO4)CCOC/C=C/CN(C)CC13CC23. The van der Waals surface area contributed by atoms with Crippen LogP contribution in [-0.2, 0) is 24.5 Å². The van der Waals surface area contributed by atoms with Crippen molar-refractivity contribution in [3.05, 3.63) is 65.6 Å². The molecule has 0 saturated heterocycles. The molecule has 2 fully saturated rings. The van der Waals surface area contributed by atoms with Gasteiger partial charge in [-0.05, 0) is 43.7 Å². The Labute approximate surface area is 220 Å². The van der Waals surface area contributed by atoms with Crippen molar-refractivity contribution in [1.82, 2.24) is 14.9 Å². The van der Waals surface area contributed by atoms with Crippen LogP contribution >= 0.6 is 0 Å². The monoisotopic (exact) mass is 508 g/mol. The van der Waals surface area contributed by atoms with Crippen LogP contribution in [0.15, 0.2) is 59.9 Å². The van der Waals surface area contributed by atoms with E-state index in [1.165, 1.54) is 5.57 Å². The molecule has 3 heterocycles. The van der Waals surface area contributed by atoms with Gasteiger partial charge in [0.25, 0.3) is 0 Å². The molecule has 1 aromatic heterocycles. The van der Waals surface area contributed by atoms with Crippen molar-refractivity contribution >= 4 is 5.95 Å². The fourth-order valence-electron chi connectivity index (χ4n) is 5.88. The number of nitrogens with one attached hydrogen (secondary N) is 1. The van der Waals surface area contributed by atoms with Crippen LogP contribution in [0, 0.1) is 17.3 Å². The molecule has 4 unspecified atom stereocenters. The number of hydrogen-bond donors (Lipinski definition) is 1. The molecule has 1 aromatic rings. The highest BCUT2D eigenvalue weighted by atomic mass is 16.5. The minimum absolute atomic E-state index is 0.0435. The van der Waals surface area contributed by atoms with Crippen LogP contribution in [0.25, 0.3) is 0 Å². The summed E-state index contributed by atoms with van der Waals surface area (Å²) in [6.45, 7) is 8.23. The second-order valence-corrected chi connectivity index (χ2v) is 10.2. The molecule has 6 bridgehead atoms. The Morgan fingerprint density at radius 3 is 2.89 bits per heavy atom. The van der Waals surface area contributed by atoms with E-state index in [-0.39, 0.29) is 11.0 Å². The van der Waals surface area contributed by atoms with Crippen LogP contribution in [0.4, 0.5) is 5.95 Å². The third-order valence-corrected chi connectivity index (χ3v) is 7.91. The summed E-state index contributed by atoms with van der Waals surface area (Å²) in [5.74, 6) is 2.40. The summed E-state index contributed by atoms with van der Waals surface area (Å²) in [6, 6.07) is 1.99. The molecule has 6 rings (SSSR count). The average Bonchev–Trinajstić information content (AvgIpc) is 3.81. The van der Waals surface area contributed by atoms with E-state index in [1.807, 2.05) is 32.4 Å². The number of ether oxygens (including phenoxy) is 4. The van der Waals surface area contributed by atoms with Crippen molar-refractivity contribution in [2.45, 2.75) is 38.7 Å². The zero-order chi connectivity index (χ0) is 25.9. The van der Waals surface area contributed by atoms with Gasteiger partial charge in [-0.3, -0.25) is 0 Å². The number of anilines is 1. The first-order chi connectivity index (χ1) is 18.1. The molecular formula is C29H40N4O4. The van der Waals surface area contributed by atoms with Crippen molar-refractivity contribution in [3.8, 4) is 0 Å². The number of fused-ring (bicyclic) bond motifs is 2. The molecule has 1 N–H and O–H groups in total. The van der Waals surface area contributed by atoms with E-state index >= 15 is 0 Å². The number of rotatable bonds is 4. The van der Waals surface area contributed by atoms with E-state index in [9.17, 15) is 0 Å². The first-order valence-corrected chi connectivity index (χ1v) is 13.6. The van der Waals surface area contributed by atoms with Crippen LogP contribution in [-0.4, -0.2) is 68.5 Å². The van der Waals surface area contributed by atoms with Gasteiger partial charge in [0.15, 0.2) is 5.60 Å². The number of aromatic nitrogens is 2. The maximum atomic E-state index is 6.19. The zero-order valence-corrected chi connectivity index (χ0v) is 22.5. The standard InChI is InChI=1S/C27H34N4O4.C2H6/c1-31-10-3-4-11-33-12-8-19-17-35-27(16-20(19)27)23-7-9-28-25(30-23)29-22-5-6-24(34-14-13-32-2)26(18-31)15-21(22)26;1-2/h3-7,9,17,20-21H,8,10-16,18H2,1-2H3,(H,28,29,30);1-2H3/b4-3+;. The van der Waals surface area contributed by atoms with E-state index < -0.39 is 0 Å². The molecule has 8 nitrogen and oxygen atoms in total. The Balaban J connectivity index is 0.00000137. The summed E-state index contributed by atoms with van der Waals surface area (Å²) in [5.41, 5.74) is 3.05. The molecule has 4 atom stereocenters. The van der Waals surface area contributed by atoms with E-state index in [2.05, 4.69) is 46.6 Å². The van der Waals surface area contributed by atoms with Crippen molar-refractivity contribution in [1.29, 1.82) is 0 Å². The van der Waals surface area contributed by atoms with E-state index in [0.29, 0.717) is 44.2 Å². The fraction of sp³-hybridized carbons (Fsp3) is 0.586. The largest absolute Gasteiger partial charge is 0.495 e. The Morgan fingerprint density at radius 1 is 1.16 bits per heavy atom. The minimum atomic E-state index is -0.327. The first kappa shape index (κ1) is 25.9. The summed E-state index contributed by atoms with van der Waals surface area (Å²) in [7, 11) is 3.86. The summed E-state index contributed by atoms with van der Waals surface area (Å²) in [5, 5.41) is 3.54. The van der Waals surface area contributed by atoms with Crippen molar-refractivity contribution in [3.63, 3.8) is 0 Å². The highest BCUT2D eigenvalue weighted by molar-refractivity contribution is 5.48. The van der Waals surface area contributed by atoms with Crippen molar-refractivity contribution in [2.24, 2.45) is 17.3 Å². The van der Waals surface area contributed by atoms with E-state index in [0.717, 1.165) is 49.5 Å². The Bertz CT molecular complexity index is 1100. The molecular weight excluding hydrogens is 468 g/mol. The summed E-state index contributed by atoms with van der Waals surface area (Å²) >= 11 is 0. The molecule has 5 aliphatic rings. The van der Waals surface area contributed by atoms with Crippen LogP contribution in [0.1, 0.15) is 38.8 Å². The molecule has 2 aliphatic heterocycles. The van der Waals surface area contributed by atoms with Crippen LogP contribution in [0.3, 0.4) is 0 Å². The second kappa shape index (κ2) is 11.0. The Hall–Kier alpha value is -2.68. The second-order valence-electron chi connectivity index (χ2n) is 10.2. The number of hydrogen-bond acceptors (Lipinski definition) is 8. The van der Waals surface area contributed by atoms with Gasteiger partial charge in [0.1, 0.15) is 12.4 Å². The van der Waals surface area contributed by atoms with Crippen molar-refractivity contribution in [2.75, 3.05) is 59.0 Å². The molecule has 0 radical (unpaired) electrons. The van der Waals surface area contributed by atoms with Gasteiger partial charge in [0.05, 0.1) is 31.8 Å². The average molecular weight is 509 g/mol. The lowest BCUT2D eigenvalue weighted by Gasteiger charge is -2.29. The van der Waals surface area contributed by atoms with Gasteiger partial charge in [-0.25, -0.2) is 9.97 Å². The minimum Gasteiger partial charge on any atom is -0.495 e. The predicted molar refractivity (Wildman–Crippen MR) is 143 cm³/mol. The van der Waals surface area contributed by atoms with Crippen LogP contribution < -0.4 is 5.32 Å². The van der Waals surface area contributed by atoms with Gasteiger partial charge >= 0.3 is 0 Å². The Kier molecular flexibility index (Phi) is 7.70.